The molecule has 0 atom stereocenters. The van der Waals surface area contributed by atoms with Crippen LogP contribution in [0.4, 0.5) is 20.7 Å². The molecule has 7 nitrogen and oxygen atoms in total. The molecule has 1 aromatic heterocycles. The molecule has 0 unspecified atom stereocenters. The van der Waals surface area contributed by atoms with Crippen LogP contribution in [0.3, 0.4) is 0 Å². The number of rotatable bonds is 6. The molecule has 3 amide bonds. The minimum Gasteiger partial charge on any atom is -0.315 e. The van der Waals surface area contributed by atoms with Gasteiger partial charge >= 0.3 is 6.03 Å². The van der Waals surface area contributed by atoms with Crippen molar-refractivity contribution >= 4 is 23.4 Å². The highest BCUT2D eigenvalue weighted by Crippen LogP contribution is 2.28. The zero-order valence-corrected chi connectivity index (χ0v) is 20.4. The summed E-state index contributed by atoms with van der Waals surface area (Å²) < 4.78 is 15.3. The molecular weight excluding hydrogens is 409 g/mol. The maximum absolute atomic E-state index is 13.5. The molecule has 0 aliphatic heterocycles. The van der Waals surface area contributed by atoms with Gasteiger partial charge in [0.15, 0.2) is 0 Å². The van der Waals surface area contributed by atoms with Gasteiger partial charge in [-0.2, -0.15) is 5.10 Å². The number of carbonyl (C=O) groups excluding carboxylic acids is 2. The third-order valence-electron chi connectivity index (χ3n) is 4.66. The summed E-state index contributed by atoms with van der Waals surface area (Å²) in [5.41, 5.74) is 0.693. The van der Waals surface area contributed by atoms with E-state index in [4.69, 9.17) is 5.10 Å². The van der Waals surface area contributed by atoms with E-state index in [0.717, 1.165) is 5.69 Å². The predicted molar refractivity (Wildman–Crippen MR) is 126 cm³/mol. The van der Waals surface area contributed by atoms with E-state index < -0.39 is 11.8 Å². The van der Waals surface area contributed by atoms with Crippen LogP contribution in [-0.4, -0.2) is 39.7 Å². The third-order valence-corrected chi connectivity index (χ3v) is 4.66. The quantitative estimate of drug-likeness (QED) is 0.641. The van der Waals surface area contributed by atoms with Crippen molar-refractivity contribution < 1.29 is 14.0 Å². The van der Waals surface area contributed by atoms with Crippen LogP contribution in [0.25, 0.3) is 0 Å². The molecule has 0 spiro atoms. The van der Waals surface area contributed by atoms with Crippen LogP contribution in [0.1, 0.15) is 61.1 Å². The van der Waals surface area contributed by atoms with Gasteiger partial charge in [-0.05, 0) is 44.9 Å². The molecule has 2 rings (SSSR count). The summed E-state index contributed by atoms with van der Waals surface area (Å²) in [6.45, 7) is 16.4. The molecular formula is C24H36FN5O2. The number of nitrogens with zero attached hydrogens (tertiary/aromatic N) is 3. The van der Waals surface area contributed by atoms with Crippen molar-refractivity contribution in [2.24, 2.45) is 5.92 Å². The maximum atomic E-state index is 13.5. The van der Waals surface area contributed by atoms with Crippen molar-refractivity contribution in [3.05, 3.63) is 41.8 Å². The number of nitrogens with one attached hydrogen (secondary N) is 2. The second-order valence-electron chi connectivity index (χ2n) is 10.5. The highest BCUT2D eigenvalue weighted by Gasteiger charge is 2.26. The first-order valence-corrected chi connectivity index (χ1v) is 10.9. The molecule has 0 aliphatic carbocycles. The van der Waals surface area contributed by atoms with E-state index in [1.807, 2.05) is 40.7 Å². The second kappa shape index (κ2) is 9.71. The number of aromatic nitrogens is 2. The molecule has 8 heteroatoms. The smallest absolute Gasteiger partial charge is 0.315 e. The molecule has 32 heavy (non-hydrogen) atoms. The summed E-state index contributed by atoms with van der Waals surface area (Å²) in [5.74, 6) is -0.0388. The normalized spacial score (nSPS) is 12.1. The zero-order valence-electron chi connectivity index (χ0n) is 20.4. The molecule has 176 valence electrons. The van der Waals surface area contributed by atoms with Gasteiger partial charge in [-0.3, -0.25) is 4.79 Å². The van der Waals surface area contributed by atoms with Gasteiger partial charge < -0.3 is 15.5 Å². The fourth-order valence-electron chi connectivity index (χ4n) is 3.13. The Morgan fingerprint density at radius 3 is 2.28 bits per heavy atom. The van der Waals surface area contributed by atoms with Crippen LogP contribution in [0, 0.1) is 11.7 Å². The van der Waals surface area contributed by atoms with Crippen LogP contribution in [0.5, 0.6) is 0 Å². The number of anilines is 2. The maximum Gasteiger partial charge on any atom is 0.322 e. The summed E-state index contributed by atoms with van der Waals surface area (Å²) >= 11 is 0. The molecule has 0 aliphatic rings. The molecule has 1 aromatic carbocycles. The molecule has 2 N–H and O–H groups in total. The van der Waals surface area contributed by atoms with Crippen LogP contribution in [0.2, 0.25) is 0 Å². The average molecular weight is 446 g/mol. The van der Waals surface area contributed by atoms with Crippen LogP contribution in [0.15, 0.2) is 30.3 Å². The number of hydrogen-bond donors (Lipinski definition) is 2. The minimum atomic E-state index is -0.459. The Kier molecular flexibility index (Phi) is 7.70. The number of carbonyl (C=O) groups is 2. The molecule has 0 saturated carbocycles. The molecule has 0 bridgehead atoms. The lowest BCUT2D eigenvalue weighted by molar-refractivity contribution is -0.116. The lowest BCUT2D eigenvalue weighted by atomic mass is 9.92. The SMILES string of the molecule is CC(C)CN(CC(=O)Nc1cc(C(C)(C)C)nn1C(C)(C)C)C(=O)Nc1cccc(F)c1. The topological polar surface area (TPSA) is 79.3 Å². The van der Waals surface area contributed by atoms with Gasteiger partial charge in [-0.1, -0.05) is 40.7 Å². The summed E-state index contributed by atoms with van der Waals surface area (Å²) in [6.07, 6.45) is 0. The Morgan fingerprint density at radius 2 is 1.75 bits per heavy atom. The lowest BCUT2D eigenvalue weighted by Gasteiger charge is -2.26. The Labute approximate surface area is 190 Å². The standard InChI is InChI=1S/C24H36FN5O2/c1-16(2)14-29(22(32)26-18-11-9-10-17(25)12-18)15-21(31)27-20-13-19(23(3,4)5)28-30(20)24(6,7)8/h9-13,16H,14-15H2,1-8H3,(H,26,32)(H,27,31). The van der Waals surface area contributed by atoms with E-state index in [9.17, 15) is 14.0 Å². The van der Waals surface area contributed by atoms with Crippen LogP contribution in [-0.2, 0) is 15.7 Å². The monoisotopic (exact) mass is 445 g/mol. The number of amides is 3. The Hall–Kier alpha value is -2.90. The van der Waals surface area contributed by atoms with Gasteiger partial charge in [0.1, 0.15) is 18.2 Å². The predicted octanol–water partition coefficient (Wildman–Crippen LogP) is 5.20. The zero-order chi connectivity index (χ0) is 24.3. The number of urea groups is 1. The first kappa shape index (κ1) is 25.4. The summed E-state index contributed by atoms with van der Waals surface area (Å²) in [5, 5.41) is 10.3. The first-order valence-electron chi connectivity index (χ1n) is 10.9. The van der Waals surface area contributed by atoms with Crippen molar-refractivity contribution in [1.82, 2.24) is 14.7 Å². The van der Waals surface area contributed by atoms with Gasteiger partial charge in [-0.25, -0.2) is 13.9 Å². The van der Waals surface area contributed by atoms with Crippen molar-refractivity contribution in [2.45, 2.75) is 66.3 Å². The lowest BCUT2D eigenvalue weighted by Crippen LogP contribution is -2.43. The Balaban J connectivity index is 2.20. The summed E-state index contributed by atoms with van der Waals surface area (Å²) in [7, 11) is 0. The van der Waals surface area contributed by atoms with Gasteiger partial charge in [0.2, 0.25) is 5.91 Å². The van der Waals surface area contributed by atoms with Crippen molar-refractivity contribution in [3.63, 3.8) is 0 Å². The Morgan fingerprint density at radius 1 is 1.09 bits per heavy atom. The van der Waals surface area contributed by atoms with Crippen LogP contribution < -0.4 is 10.6 Å². The number of halogens is 1. The van der Waals surface area contributed by atoms with E-state index in [0.29, 0.717) is 18.1 Å². The molecule has 0 saturated heterocycles. The van der Waals surface area contributed by atoms with Crippen molar-refractivity contribution in [2.75, 3.05) is 23.7 Å². The van der Waals surface area contributed by atoms with Gasteiger partial charge in [-0.15, -0.1) is 0 Å². The summed E-state index contributed by atoms with van der Waals surface area (Å²) in [6, 6.07) is 7.08. The average Bonchev–Trinajstić information content (AvgIpc) is 3.05. The molecule has 0 radical (unpaired) electrons. The van der Waals surface area contributed by atoms with Crippen molar-refractivity contribution in [1.29, 1.82) is 0 Å². The van der Waals surface area contributed by atoms with Gasteiger partial charge in [0.25, 0.3) is 0 Å². The van der Waals surface area contributed by atoms with Gasteiger partial charge in [0.05, 0.1) is 11.2 Å². The fraction of sp³-hybridized carbons (Fsp3) is 0.542. The summed E-state index contributed by atoms with van der Waals surface area (Å²) in [4.78, 5) is 27.1. The molecule has 0 fully saturated rings. The van der Waals surface area contributed by atoms with Gasteiger partial charge in [0, 0.05) is 23.7 Å². The van der Waals surface area contributed by atoms with E-state index in [-0.39, 0.29) is 29.3 Å². The van der Waals surface area contributed by atoms with Crippen LogP contribution >= 0.6 is 0 Å². The van der Waals surface area contributed by atoms with E-state index in [1.165, 1.54) is 23.1 Å². The minimum absolute atomic E-state index is 0.139. The highest BCUT2D eigenvalue weighted by molar-refractivity contribution is 5.96. The fourth-order valence-corrected chi connectivity index (χ4v) is 3.13. The largest absolute Gasteiger partial charge is 0.322 e. The third kappa shape index (κ3) is 7.07. The second-order valence-corrected chi connectivity index (χ2v) is 10.5. The van der Waals surface area contributed by atoms with E-state index in [2.05, 4.69) is 31.4 Å². The molecule has 1 heterocycles. The Bertz CT molecular complexity index is 954. The van der Waals surface area contributed by atoms with E-state index >= 15 is 0 Å². The number of benzene rings is 1. The number of hydrogen-bond acceptors (Lipinski definition) is 3. The highest BCUT2D eigenvalue weighted by atomic mass is 19.1. The first-order chi connectivity index (χ1) is 14.7. The molecule has 2 aromatic rings. The van der Waals surface area contributed by atoms with Crippen molar-refractivity contribution in [3.8, 4) is 0 Å². The van der Waals surface area contributed by atoms with E-state index in [1.54, 1.807) is 10.7 Å².